The number of carbonyl (C=O) groups excluding carboxylic acids is 1. The molecule has 0 radical (unpaired) electrons. The van der Waals surface area contributed by atoms with Crippen LogP contribution < -0.4 is 16.6 Å². The van der Waals surface area contributed by atoms with Crippen molar-refractivity contribution in [3.05, 3.63) is 28.7 Å². The molecule has 0 saturated heterocycles. The van der Waals surface area contributed by atoms with Gasteiger partial charge in [0.05, 0.1) is 11.1 Å². The van der Waals surface area contributed by atoms with Crippen molar-refractivity contribution in [1.82, 2.24) is 4.57 Å². The lowest BCUT2D eigenvalue weighted by molar-refractivity contribution is -0.129. The molecule has 2 rings (SSSR count). The summed E-state index contributed by atoms with van der Waals surface area (Å²) in [7, 11) is 1.65. The van der Waals surface area contributed by atoms with Gasteiger partial charge in [-0.1, -0.05) is 6.42 Å². The fourth-order valence-corrected chi connectivity index (χ4v) is 2.06. The van der Waals surface area contributed by atoms with Crippen LogP contribution in [0.25, 0.3) is 0 Å². The number of nitrogens with one attached hydrogen (secondary N) is 1. The first-order valence-corrected chi connectivity index (χ1v) is 5.76. The maximum Gasteiger partial charge on any atom is 0.250 e. The van der Waals surface area contributed by atoms with E-state index in [1.165, 1.54) is 10.6 Å². The Hall–Kier alpha value is -1.62. The number of carbonyl (C=O) groups is 1. The predicted molar refractivity (Wildman–Crippen MR) is 65.7 cm³/mol. The van der Waals surface area contributed by atoms with E-state index in [4.69, 9.17) is 5.73 Å². The first kappa shape index (κ1) is 11.9. The Kier molecular flexibility index (Phi) is 3.02. The Morgan fingerprint density at radius 3 is 2.71 bits per heavy atom. The largest absolute Gasteiger partial charge is 0.329 e. The van der Waals surface area contributed by atoms with Gasteiger partial charge in [0, 0.05) is 25.9 Å². The second kappa shape index (κ2) is 4.33. The number of pyridine rings is 1. The Bertz CT molecular complexity index is 483. The molecule has 0 aromatic carbocycles. The molecule has 1 amide bonds. The molecule has 17 heavy (non-hydrogen) atoms. The van der Waals surface area contributed by atoms with E-state index in [0.29, 0.717) is 12.2 Å². The minimum absolute atomic E-state index is 0.0371. The summed E-state index contributed by atoms with van der Waals surface area (Å²) in [6.07, 6.45) is 4.36. The van der Waals surface area contributed by atoms with Crippen molar-refractivity contribution in [1.29, 1.82) is 0 Å². The van der Waals surface area contributed by atoms with Crippen LogP contribution in [0.15, 0.2) is 23.1 Å². The smallest absolute Gasteiger partial charge is 0.250 e. The fourth-order valence-electron chi connectivity index (χ4n) is 2.06. The van der Waals surface area contributed by atoms with E-state index >= 15 is 0 Å². The maximum atomic E-state index is 12.1. The lowest BCUT2D eigenvalue weighted by Crippen LogP contribution is -2.47. The molecule has 1 heterocycles. The quantitative estimate of drug-likeness (QED) is 0.798. The highest BCUT2D eigenvalue weighted by Gasteiger charge is 2.42. The van der Waals surface area contributed by atoms with Crippen LogP contribution in [-0.4, -0.2) is 17.0 Å². The summed E-state index contributed by atoms with van der Waals surface area (Å²) in [6, 6.07) is 3.05. The maximum absolute atomic E-state index is 12.1. The SMILES string of the molecule is Cn1cc(NC(=O)C2(CN)CCC2)ccc1=O. The Labute approximate surface area is 99.6 Å². The molecular formula is C12H17N3O2. The Morgan fingerprint density at radius 1 is 1.53 bits per heavy atom. The van der Waals surface area contributed by atoms with Crippen LogP contribution in [0.4, 0.5) is 5.69 Å². The molecule has 1 aliphatic carbocycles. The molecule has 1 aliphatic rings. The van der Waals surface area contributed by atoms with E-state index in [2.05, 4.69) is 5.32 Å². The predicted octanol–water partition coefficient (Wildman–Crippen LogP) is 0.453. The van der Waals surface area contributed by atoms with Gasteiger partial charge in [0.25, 0.3) is 0 Å². The molecule has 5 heteroatoms. The summed E-state index contributed by atoms with van der Waals surface area (Å²) in [6.45, 7) is 0.380. The zero-order valence-corrected chi connectivity index (χ0v) is 9.90. The number of aryl methyl sites for hydroxylation is 1. The fraction of sp³-hybridized carbons (Fsp3) is 0.500. The van der Waals surface area contributed by atoms with E-state index in [-0.39, 0.29) is 11.5 Å². The number of anilines is 1. The van der Waals surface area contributed by atoms with E-state index < -0.39 is 5.41 Å². The molecule has 0 aliphatic heterocycles. The minimum atomic E-state index is -0.394. The zero-order valence-electron chi connectivity index (χ0n) is 9.90. The van der Waals surface area contributed by atoms with Crippen molar-refractivity contribution in [3.63, 3.8) is 0 Å². The highest BCUT2D eigenvalue weighted by molar-refractivity contribution is 5.95. The van der Waals surface area contributed by atoms with Gasteiger partial charge in [-0.05, 0) is 18.9 Å². The van der Waals surface area contributed by atoms with E-state index in [1.807, 2.05) is 0 Å². The van der Waals surface area contributed by atoms with Gasteiger partial charge in [-0.25, -0.2) is 0 Å². The van der Waals surface area contributed by atoms with Crippen molar-refractivity contribution < 1.29 is 4.79 Å². The van der Waals surface area contributed by atoms with E-state index in [0.717, 1.165) is 19.3 Å². The van der Waals surface area contributed by atoms with Crippen LogP contribution in [-0.2, 0) is 11.8 Å². The molecule has 0 atom stereocenters. The molecule has 1 saturated carbocycles. The summed E-state index contributed by atoms with van der Waals surface area (Å²) >= 11 is 0. The molecule has 1 aromatic rings. The number of nitrogens with two attached hydrogens (primary N) is 1. The van der Waals surface area contributed by atoms with Crippen LogP contribution in [0.3, 0.4) is 0 Å². The average molecular weight is 235 g/mol. The van der Waals surface area contributed by atoms with Crippen molar-refractivity contribution in [2.45, 2.75) is 19.3 Å². The van der Waals surface area contributed by atoms with Gasteiger partial charge in [-0.2, -0.15) is 0 Å². The van der Waals surface area contributed by atoms with Gasteiger partial charge in [0.1, 0.15) is 0 Å². The van der Waals surface area contributed by atoms with Gasteiger partial charge in [0.15, 0.2) is 0 Å². The average Bonchev–Trinajstić information content (AvgIpc) is 2.23. The van der Waals surface area contributed by atoms with Gasteiger partial charge in [-0.15, -0.1) is 0 Å². The Morgan fingerprint density at radius 2 is 2.24 bits per heavy atom. The van der Waals surface area contributed by atoms with Crippen molar-refractivity contribution in [2.24, 2.45) is 18.2 Å². The summed E-state index contributed by atoms with van der Waals surface area (Å²) in [4.78, 5) is 23.3. The van der Waals surface area contributed by atoms with Crippen molar-refractivity contribution >= 4 is 11.6 Å². The van der Waals surface area contributed by atoms with Crippen molar-refractivity contribution in [3.8, 4) is 0 Å². The third-order valence-electron chi connectivity index (χ3n) is 3.53. The van der Waals surface area contributed by atoms with Crippen LogP contribution in [0.2, 0.25) is 0 Å². The third kappa shape index (κ3) is 2.10. The Balaban J connectivity index is 2.13. The molecule has 1 fully saturated rings. The van der Waals surface area contributed by atoms with Crippen LogP contribution in [0, 0.1) is 5.41 Å². The van der Waals surface area contributed by atoms with Gasteiger partial charge in [0.2, 0.25) is 11.5 Å². The number of aromatic nitrogens is 1. The normalized spacial score (nSPS) is 17.3. The first-order chi connectivity index (χ1) is 8.07. The van der Waals surface area contributed by atoms with E-state index in [9.17, 15) is 9.59 Å². The zero-order chi connectivity index (χ0) is 12.5. The molecule has 92 valence electrons. The molecule has 5 nitrogen and oxygen atoms in total. The highest BCUT2D eigenvalue weighted by Crippen LogP contribution is 2.40. The number of hydrogen-bond donors (Lipinski definition) is 2. The topological polar surface area (TPSA) is 77.1 Å². The molecule has 0 spiro atoms. The highest BCUT2D eigenvalue weighted by atomic mass is 16.2. The molecule has 1 aromatic heterocycles. The van der Waals surface area contributed by atoms with Crippen LogP contribution in [0.1, 0.15) is 19.3 Å². The van der Waals surface area contributed by atoms with Gasteiger partial charge in [-0.3, -0.25) is 9.59 Å². The molecule has 3 N–H and O–H groups in total. The second-order valence-corrected chi connectivity index (χ2v) is 4.66. The number of hydrogen-bond acceptors (Lipinski definition) is 3. The summed E-state index contributed by atoms with van der Waals surface area (Å²) in [5.41, 5.74) is 5.81. The minimum Gasteiger partial charge on any atom is -0.329 e. The monoisotopic (exact) mass is 235 g/mol. The number of rotatable bonds is 3. The summed E-state index contributed by atoms with van der Waals surface area (Å²) in [5.74, 6) is -0.0371. The number of nitrogens with zero attached hydrogens (tertiary/aromatic N) is 1. The standard InChI is InChI=1S/C12H17N3O2/c1-15-7-9(3-4-10(15)16)14-11(17)12(8-13)5-2-6-12/h3-4,7H,2,5-6,8,13H2,1H3,(H,14,17). The van der Waals surface area contributed by atoms with Crippen LogP contribution >= 0.6 is 0 Å². The summed E-state index contributed by atoms with van der Waals surface area (Å²) in [5, 5.41) is 2.82. The third-order valence-corrected chi connectivity index (χ3v) is 3.53. The van der Waals surface area contributed by atoms with Crippen LogP contribution in [0.5, 0.6) is 0 Å². The summed E-state index contributed by atoms with van der Waals surface area (Å²) < 4.78 is 1.44. The second-order valence-electron chi connectivity index (χ2n) is 4.66. The lowest BCUT2D eigenvalue weighted by atomic mass is 9.68. The molecule has 0 bridgehead atoms. The van der Waals surface area contributed by atoms with Gasteiger partial charge >= 0.3 is 0 Å². The van der Waals surface area contributed by atoms with Gasteiger partial charge < -0.3 is 15.6 Å². The lowest BCUT2D eigenvalue weighted by Gasteiger charge is -2.39. The van der Waals surface area contributed by atoms with E-state index in [1.54, 1.807) is 19.3 Å². The first-order valence-electron chi connectivity index (χ1n) is 5.76. The molecule has 0 unspecified atom stereocenters. The molecular weight excluding hydrogens is 218 g/mol. The number of amides is 1. The van der Waals surface area contributed by atoms with Crippen molar-refractivity contribution in [2.75, 3.05) is 11.9 Å².